The number of hydrogen-bond donors (Lipinski definition) is 2. The van der Waals surface area contributed by atoms with Crippen LogP contribution in [0.5, 0.6) is 0 Å². The van der Waals surface area contributed by atoms with E-state index in [-0.39, 0.29) is 11.3 Å². The number of hydrogen-bond acceptors (Lipinski definition) is 3. The van der Waals surface area contributed by atoms with Gasteiger partial charge in [-0.3, -0.25) is 0 Å². The van der Waals surface area contributed by atoms with Crippen molar-refractivity contribution in [1.29, 1.82) is 0 Å². The smallest absolute Gasteiger partial charge is 0.339 e. The number of benzene rings is 1. The molecule has 5 heteroatoms. The third-order valence-electron chi connectivity index (χ3n) is 1.93. The van der Waals surface area contributed by atoms with Gasteiger partial charge in [-0.25, -0.2) is 4.79 Å². The zero-order valence-corrected chi connectivity index (χ0v) is 9.35. The second-order valence-electron chi connectivity index (χ2n) is 2.80. The maximum absolute atomic E-state index is 10.9. The van der Waals surface area contributed by atoms with Crippen molar-refractivity contribution in [2.75, 3.05) is 5.73 Å². The molecule has 0 unspecified atom stereocenters. The molecule has 2 aromatic rings. The summed E-state index contributed by atoms with van der Waals surface area (Å²) in [6.45, 7) is 0. The summed E-state index contributed by atoms with van der Waals surface area (Å²) in [5.74, 6) is -1.01. The van der Waals surface area contributed by atoms with Crippen LogP contribution in [0.4, 0.5) is 5.69 Å². The Morgan fingerprint density at radius 3 is 2.93 bits per heavy atom. The number of aromatic carboxylic acids is 1. The number of carboxylic acid groups (broad SMARTS) is 1. The fourth-order valence-corrected chi connectivity index (χ4v) is 3.04. The van der Waals surface area contributed by atoms with E-state index in [0.29, 0.717) is 4.47 Å². The van der Waals surface area contributed by atoms with Gasteiger partial charge < -0.3 is 10.8 Å². The Labute approximate surface area is 92.3 Å². The van der Waals surface area contributed by atoms with E-state index in [1.54, 1.807) is 6.07 Å². The fourth-order valence-electron chi connectivity index (χ4n) is 1.31. The van der Waals surface area contributed by atoms with Crippen LogP contribution in [-0.4, -0.2) is 11.1 Å². The first kappa shape index (κ1) is 9.48. The lowest BCUT2D eigenvalue weighted by atomic mass is 10.1. The number of nitrogens with two attached hydrogens (primary N) is 1. The zero-order valence-electron chi connectivity index (χ0n) is 6.95. The van der Waals surface area contributed by atoms with Gasteiger partial charge in [-0.05, 0) is 38.8 Å². The van der Waals surface area contributed by atoms with Crippen molar-refractivity contribution in [3.63, 3.8) is 0 Å². The van der Waals surface area contributed by atoms with Gasteiger partial charge in [0.05, 0.1) is 10.0 Å². The number of carbonyl (C=O) groups is 1. The monoisotopic (exact) mass is 271 g/mol. The van der Waals surface area contributed by atoms with Crippen LogP contribution in [0, 0.1) is 0 Å². The lowest BCUT2D eigenvalue weighted by Gasteiger charge is -2.04. The van der Waals surface area contributed by atoms with Crippen LogP contribution in [0.25, 0.3) is 10.1 Å². The molecule has 0 aliphatic carbocycles. The lowest BCUT2D eigenvalue weighted by Crippen LogP contribution is -2.03. The highest BCUT2D eigenvalue weighted by atomic mass is 79.9. The highest BCUT2D eigenvalue weighted by Gasteiger charge is 2.16. The van der Waals surface area contributed by atoms with E-state index in [9.17, 15) is 4.79 Å². The van der Waals surface area contributed by atoms with Crippen molar-refractivity contribution < 1.29 is 9.90 Å². The summed E-state index contributed by atoms with van der Waals surface area (Å²) in [5, 5.41) is 11.8. The minimum atomic E-state index is -1.01. The van der Waals surface area contributed by atoms with E-state index in [1.807, 2.05) is 11.4 Å². The minimum Gasteiger partial charge on any atom is -0.478 e. The molecule has 0 saturated carbocycles. The molecule has 0 aliphatic rings. The van der Waals surface area contributed by atoms with Gasteiger partial charge in [0.25, 0.3) is 0 Å². The van der Waals surface area contributed by atoms with Gasteiger partial charge in [0, 0.05) is 10.4 Å². The SMILES string of the molecule is Nc1cc2ccsc2c(Br)c1C(=O)O. The average Bonchev–Trinajstić information content (AvgIpc) is 2.50. The molecule has 0 saturated heterocycles. The van der Waals surface area contributed by atoms with Crippen LogP contribution in [0.3, 0.4) is 0 Å². The Hall–Kier alpha value is -1.07. The minimum absolute atomic E-state index is 0.139. The van der Waals surface area contributed by atoms with E-state index in [4.69, 9.17) is 10.8 Å². The highest BCUT2D eigenvalue weighted by Crippen LogP contribution is 2.35. The van der Waals surface area contributed by atoms with E-state index >= 15 is 0 Å². The molecule has 0 aliphatic heterocycles. The van der Waals surface area contributed by atoms with Crippen LogP contribution in [-0.2, 0) is 0 Å². The third-order valence-corrected chi connectivity index (χ3v) is 3.93. The topological polar surface area (TPSA) is 63.3 Å². The summed E-state index contributed by atoms with van der Waals surface area (Å²) in [6, 6.07) is 3.59. The fraction of sp³-hybridized carbons (Fsp3) is 0. The van der Waals surface area contributed by atoms with Gasteiger partial charge in [0.2, 0.25) is 0 Å². The molecule has 0 radical (unpaired) electrons. The number of anilines is 1. The summed E-state index contributed by atoms with van der Waals surface area (Å²) in [5.41, 5.74) is 6.07. The second-order valence-corrected chi connectivity index (χ2v) is 4.51. The highest BCUT2D eigenvalue weighted by molar-refractivity contribution is 9.10. The van der Waals surface area contributed by atoms with E-state index < -0.39 is 5.97 Å². The predicted molar refractivity (Wildman–Crippen MR) is 60.9 cm³/mol. The van der Waals surface area contributed by atoms with E-state index in [0.717, 1.165) is 10.1 Å². The Balaban J connectivity index is 2.89. The van der Waals surface area contributed by atoms with Gasteiger partial charge in [-0.1, -0.05) is 0 Å². The first-order chi connectivity index (χ1) is 6.61. The molecular formula is C9H6BrNO2S. The van der Waals surface area contributed by atoms with Crippen molar-refractivity contribution in [2.45, 2.75) is 0 Å². The van der Waals surface area contributed by atoms with Gasteiger partial charge in [0.1, 0.15) is 0 Å². The lowest BCUT2D eigenvalue weighted by molar-refractivity contribution is 0.0697. The Kier molecular flexibility index (Phi) is 2.20. The molecular weight excluding hydrogens is 266 g/mol. The number of carboxylic acids is 1. The zero-order chi connectivity index (χ0) is 10.3. The summed E-state index contributed by atoms with van der Waals surface area (Å²) < 4.78 is 1.48. The molecule has 14 heavy (non-hydrogen) atoms. The largest absolute Gasteiger partial charge is 0.478 e. The first-order valence-electron chi connectivity index (χ1n) is 3.79. The summed E-state index contributed by atoms with van der Waals surface area (Å²) in [4.78, 5) is 10.9. The Morgan fingerprint density at radius 1 is 1.57 bits per heavy atom. The Morgan fingerprint density at radius 2 is 2.29 bits per heavy atom. The molecule has 2 rings (SSSR count). The van der Waals surface area contributed by atoms with Gasteiger partial charge in [-0.2, -0.15) is 0 Å². The van der Waals surface area contributed by atoms with Crippen LogP contribution >= 0.6 is 27.3 Å². The standard InChI is InChI=1S/C9H6BrNO2S/c10-7-6(9(12)13)5(11)3-4-1-2-14-8(4)7/h1-3H,11H2,(H,12,13). The van der Waals surface area contributed by atoms with Crippen LogP contribution in [0.2, 0.25) is 0 Å². The number of nitrogen functional groups attached to an aromatic ring is 1. The molecule has 72 valence electrons. The van der Waals surface area contributed by atoms with Gasteiger partial charge >= 0.3 is 5.97 Å². The molecule has 1 aromatic carbocycles. The average molecular weight is 272 g/mol. The predicted octanol–water partition coefficient (Wildman–Crippen LogP) is 2.94. The molecule has 1 heterocycles. The third kappa shape index (κ3) is 1.29. The van der Waals surface area contributed by atoms with Gasteiger partial charge in [0.15, 0.2) is 0 Å². The Bertz CT molecular complexity index is 521. The molecule has 0 amide bonds. The maximum Gasteiger partial charge on any atom is 0.339 e. The normalized spacial score (nSPS) is 10.6. The number of fused-ring (bicyclic) bond motifs is 1. The van der Waals surface area contributed by atoms with E-state index in [1.165, 1.54) is 11.3 Å². The van der Waals surface area contributed by atoms with Crippen molar-refractivity contribution in [1.82, 2.24) is 0 Å². The van der Waals surface area contributed by atoms with E-state index in [2.05, 4.69) is 15.9 Å². The molecule has 3 N–H and O–H groups in total. The van der Waals surface area contributed by atoms with Crippen LogP contribution in [0.1, 0.15) is 10.4 Å². The number of halogens is 1. The molecule has 0 spiro atoms. The second kappa shape index (κ2) is 3.25. The maximum atomic E-state index is 10.9. The summed E-state index contributed by atoms with van der Waals surface area (Å²) >= 11 is 4.75. The molecule has 0 bridgehead atoms. The number of thiophene rings is 1. The van der Waals surface area contributed by atoms with Crippen LogP contribution < -0.4 is 5.73 Å². The summed E-state index contributed by atoms with van der Waals surface area (Å²) in [6.07, 6.45) is 0. The summed E-state index contributed by atoms with van der Waals surface area (Å²) in [7, 11) is 0. The quantitative estimate of drug-likeness (QED) is 0.784. The molecule has 0 atom stereocenters. The van der Waals surface area contributed by atoms with Gasteiger partial charge in [-0.15, -0.1) is 11.3 Å². The van der Waals surface area contributed by atoms with Crippen molar-refractivity contribution in [2.24, 2.45) is 0 Å². The van der Waals surface area contributed by atoms with Crippen molar-refractivity contribution in [3.8, 4) is 0 Å². The molecule has 0 fully saturated rings. The molecule has 3 nitrogen and oxygen atoms in total. The van der Waals surface area contributed by atoms with Crippen LogP contribution in [0.15, 0.2) is 22.0 Å². The first-order valence-corrected chi connectivity index (χ1v) is 5.47. The van der Waals surface area contributed by atoms with Crippen molar-refractivity contribution in [3.05, 3.63) is 27.5 Å². The number of rotatable bonds is 1. The van der Waals surface area contributed by atoms with Crippen molar-refractivity contribution >= 4 is 49.0 Å². The molecule has 1 aromatic heterocycles.